The number of nitrogens with zero attached hydrogens (tertiary/aromatic N) is 2. The Bertz CT molecular complexity index is 602. The Labute approximate surface area is 112 Å². The molecule has 100 valence electrons. The van der Waals surface area contributed by atoms with Gasteiger partial charge in [-0.25, -0.2) is 0 Å². The zero-order valence-corrected chi connectivity index (χ0v) is 11.4. The fourth-order valence-electron chi connectivity index (χ4n) is 2.37. The highest BCUT2D eigenvalue weighted by atomic mass is 16.4. The molecule has 0 aliphatic carbocycles. The standard InChI is InChI=1S/C15H18N2O2/c1-10-6-4-5-7-13(10)14(15(18)19)9-12-8-11(2)16-17(12)3/h4-8,14H,9H2,1-3H3,(H,18,19). The second kappa shape index (κ2) is 5.26. The van der Waals surface area contributed by atoms with Crippen molar-refractivity contribution in [1.82, 2.24) is 9.78 Å². The van der Waals surface area contributed by atoms with Gasteiger partial charge in [0, 0.05) is 19.2 Å². The van der Waals surface area contributed by atoms with Crippen molar-refractivity contribution in [3.8, 4) is 0 Å². The van der Waals surface area contributed by atoms with Gasteiger partial charge in [0.15, 0.2) is 0 Å². The highest BCUT2D eigenvalue weighted by Crippen LogP contribution is 2.24. The summed E-state index contributed by atoms with van der Waals surface area (Å²) in [4.78, 5) is 11.5. The van der Waals surface area contributed by atoms with Gasteiger partial charge in [-0.15, -0.1) is 0 Å². The van der Waals surface area contributed by atoms with E-state index in [4.69, 9.17) is 0 Å². The van der Waals surface area contributed by atoms with Crippen LogP contribution in [0, 0.1) is 13.8 Å². The van der Waals surface area contributed by atoms with Crippen molar-refractivity contribution in [3.05, 3.63) is 52.8 Å². The lowest BCUT2D eigenvalue weighted by Crippen LogP contribution is -2.17. The molecule has 4 nitrogen and oxygen atoms in total. The number of hydrogen-bond acceptors (Lipinski definition) is 2. The van der Waals surface area contributed by atoms with Gasteiger partial charge in [0.05, 0.1) is 11.6 Å². The molecule has 1 unspecified atom stereocenters. The van der Waals surface area contributed by atoms with Gasteiger partial charge >= 0.3 is 5.97 Å². The predicted octanol–water partition coefficient (Wildman–Crippen LogP) is 2.45. The number of aromatic nitrogens is 2. The average Bonchev–Trinajstić information content (AvgIpc) is 2.65. The van der Waals surface area contributed by atoms with Gasteiger partial charge in [-0.1, -0.05) is 24.3 Å². The van der Waals surface area contributed by atoms with Crippen LogP contribution < -0.4 is 0 Å². The van der Waals surface area contributed by atoms with E-state index in [9.17, 15) is 9.90 Å². The quantitative estimate of drug-likeness (QED) is 0.916. The molecule has 4 heteroatoms. The smallest absolute Gasteiger partial charge is 0.311 e. The van der Waals surface area contributed by atoms with Crippen molar-refractivity contribution in [2.24, 2.45) is 7.05 Å². The first-order chi connectivity index (χ1) is 8.99. The maximum atomic E-state index is 11.5. The SMILES string of the molecule is Cc1cc(CC(C(=O)O)c2ccccc2C)n(C)n1. The van der Waals surface area contributed by atoms with Crippen molar-refractivity contribution in [2.75, 3.05) is 0 Å². The third kappa shape index (κ3) is 2.84. The van der Waals surface area contributed by atoms with Crippen LogP contribution in [-0.2, 0) is 18.3 Å². The largest absolute Gasteiger partial charge is 0.481 e. The third-order valence-corrected chi connectivity index (χ3v) is 3.37. The van der Waals surface area contributed by atoms with Gasteiger partial charge in [0.2, 0.25) is 0 Å². The van der Waals surface area contributed by atoms with E-state index in [0.717, 1.165) is 22.5 Å². The van der Waals surface area contributed by atoms with Crippen LogP contribution in [0.2, 0.25) is 0 Å². The Morgan fingerprint density at radius 1 is 1.37 bits per heavy atom. The average molecular weight is 258 g/mol. The van der Waals surface area contributed by atoms with Crippen molar-refractivity contribution in [2.45, 2.75) is 26.2 Å². The number of carboxylic acids is 1. The summed E-state index contributed by atoms with van der Waals surface area (Å²) >= 11 is 0. The lowest BCUT2D eigenvalue weighted by molar-refractivity contribution is -0.138. The molecule has 1 aromatic heterocycles. The minimum absolute atomic E-state index is 0.456. The fraction of sp³-hybridized carbons (Fsp3) is 0.333. The first kappa shape index (κ1) is 13.3. The number of carbonyl (C=O) groups is 1. The van der Waals surface area contributed by atoms with Crippen LogP contribution in [0.5, 0.6) is 0 Å². The van der Waals surface area contributed by atoms with E-state index in [1.807, 2.05) is 51.2 Å². The maximum absolute atomic E-state index is 11.5. The summed E-state index contributed by atoms with van der Waals surface area (Å²) in [5.74, 6) is -1.33. The van der Waals surface area contributed by atoms with Crippen molar-refractivity contribution in [3.63, 3.8) is 0 Å². The lowest BCUT2D eigenvalue weighted by atomic mass is 9.91. The molecule has 1 aromatic carbocycles. The molecule has 0 spiro atoms. The minimum atomic E-state index is -0.798. The van der Waals surface area contributed by atoms with E-state index in [-0.39, 0.29) is 0 Å². The maximum Gasteiger partial charge on any atom is 0.311 e. The molecular formula is C15H18N2O2. The molecule has 0 saturated heterocycles. The summed E-state index contributed by atoms with van der Waals surface area (Å²) in [6, 6.07) is 9.57. The Balaban J connectivity index is 2.35. The Morgan fingerprint density at radius 3 is 2.58 bits per heavy atom. The topological polar surface area (TPSA) is 55.1 Å². The summed E-state index contributed by atoms with van der Waals surface area (Å²) in [7, 11) is 1.85. The minimum Gasteiger partial charge on any atom is -0.481 e. The number of carboxylic acid groups (broad SMARTS) is 1. The summed E-state index contributed by atoms with van der Waals surface area (Å²) in [6.07, 6.45) is 0.456. The van der Waals surface area contributed by atoms with Gasteiger partial charge in [0.1, 0.15) is 0 Å². The molecule has 1 heterocycles. The first-order valence-electron chi connectivity index (χ1n) is 6.27. The highest BCUT2D eigenvalue weighted by Gasteiger charge is 2.23. The second-order valence-electron chi connectivity index (χ2n) is 4.85. The Morgan fingerprint density at radius 2 is 2.05 bits per heavy atom. The van der Waals surface area contributed by atoms with Crippen LogP contribution in [0.1, 0.15) is 28.4 Å². The van der Waals surface area contributed by atoms with Crippen molar-refractivity contribution < 1.29 is 9.90 Å². The van der Waals surface area contributed by atoms with E-state index in [0.29, 0.717) is 6.42 Å². The highest BCUT2D eigenvalue weighted by molar-refractivity contribution is 5.77. The van der Waals surface area contributed by atoms with Crippen LogP contribution in [-0.4, -0.2) is 20.9 Å². The molecule has 19 heavy (non-hydrogen) atoms. The monoisotopic (exact) mass is 258 g/mol. The molecule has 1 atom stereocenters. The molecule has 0 radical (unpaired) electrons. The summed E-state index contributed by atoms with van der Waals surface area (Å²) in [5, 5.41) is 13.7. The second-order valence-corrected chi connectivity index (χ2v) is 4.85. The Kier molecular flexibility index (Phi) is 3.69. The molecule has 2 aromatic rings. The fourth-order valence-corrected chi connectivity index (χ4v) is 2.37. The molecular weight excluding hydrogens is 240 g/mol. The summed E-state index contributed by atoms with van der Waals surface area (Å²) in [6.45, 7) is 3.85. The van der Waals surface area contributed by atoms with E-state index in [1.165, 1.54) is 0 Å². The molecule has 0 aliphatic heterocycles. The number of hydrogen-bond donors (Lipinski definition) is 1. The van der Waals surface area contributed by atoms with Gasteiger partial charge < -0.3 is 5.11 Å². The molecule has 2 rings (SSSR count). The zero-order chi connectivity index (χ0) is 14.0. The normalized spacial score (nSPS) is 12.4. The Hall–Kier alpha value is -2.10. The number of benzene rings is 1. The zero-order valence-electron chi connectivity index (χ0n) is 11.4. The third-order valence-electron chi connectivity index (χ3n) is 3.37. The summed E-state index contributed by atoms with van der Waals surface area (Å²) in [5.41, 5.74) is 3.72. The van der Waals surface area contributed by atoms with E-state index < -0.39 is 11.9 Å². The lowest BCUT2D eigenvalue weighted by Gasteiger charge is -2.15. The number of aryl methyl sites for hydroxylation is 3. The molecule has 1 N–H and O–H groups in total. The van der Waals surface area contributed by atoms with Crippen LogP contribution >= 0.6 is 0 Å². The van der Waals surface area contributed by atoms with Crippen molar-refractivity contribution >= 4 is 5.97 Å². The van der Waals surface area contributed by atoms with Crippen LogP contribution in [0.15, 0.2) is 30.3 Å². The molecule has 0 aliphatic rings. The number of rotatable bonds is 4. The molecule has 0 amide bonds. The van der Waals surface area contributed by atoms with Gasteiger partial charge in [0.25, 0.3) is 0 Å². The van der Waals surface area contributed by atoms with Crippen LogP contribution in [0.3, 0.4) is 0 Å². The van der Waals surface area contributed by atoms with E-state index in [2.05, 4.69) is 5.10 Å². The number of aliphatic carboxylic acids is 1. The molecule has 0 fully saturated rings. The molecule has 0 saturated carbocycles. The first-order valence-corrected chi connectivity index (χ1v) is 6.27. The van der Waals surface area contributed by atoms with Gasteiger partial charge in [-0.05, 0) is 31.0 Å². The van der Waals surface area contributed by atoms with Crippen molar-refractivity contribution in [1.29, 1.82) is 0 Å². The van der Waals surface area contributed by atoms with E-state index in [1.54, 1.807) is 4.68 Å². The van der Waals surface area contributed by atoms with E-state index >= 15 is 0 Å². The van der Waals surface area contributed by atoms with Gasteiger partial charge in [-0.2, -0.15) is 5.10 Å². The summed E-state index contributed by atoms with van der Waals surface area (Å²) < 4.78 is 1.75. The molecule has 0 bridgehead atoms. The van der Waals surface area contributed by atoms with Crippen LogP contribution in [0.25, 0.3) is 0 Å². The van der Waals surface area contributed by atoms with Crippen LogP contribution in [0.4, 0.5) is 0 Å². The predicted molar refractivity (Wildman–Crippen MR) is 73.2 cm³/mol. The van der Waals surface area contributed by atoms with Gasteiger partial charge in [-0.3, -0.25) is 9.48 Å².